The highest BCUT2D eigenvalue weighted by atomic mass is 16.4. The molecule has 16 heteroatoms. The molecular formula is C22H33N7O9. The molecule has 0 aliphatic carbocycles. The minimum Gasteiger partial charge on any atom is -0.508 e. The number of benzene rings is 1. The van der Waals surface area contributed by atoms with Crippen molar-refractivity contribution in [1.82, 2.24) is 16.0 Å². The third kappa shape index (κ3) is 11.5. The van der Waals surface area contributed by atoms with Crippen molar-refractivity contribution in [2.45, 2.75) is 49.9 Å². The van der Waals surface area contributed by atoms with Gasteiger partial charge >= 0.3 is 11.9 Å². The first-order chi connectivity index (χ1) is 17.8. The fraction of sp³-hybridized carbons (Fsp3) is 0.455. The van der Waals surface area contributed by atoms with Crippen LogP contribution in [0.15, 0.2) is 29.3 Å². The van der Waals surface area contributed by atoms with E-state index in [1.807, 2.05) is 5.32 Å². The van der Waals surface area contributed by atoms with E-state index in [1.165, 1.54) is 12.1 Å². The van der Waals surface area contributed by atoms with Crippen LogP contribution in [0, 0.1) is 0 Å². The number of aromatic hydroxyl groups is 1. The molecule has 4 unspecified atom stereocenters. The number of phenols is 1. The molecule has 0 heterocycles. The zero-order chi connectivity index (χ0) is 28.8. The Balaban J connectivity index is 2.91. The molecular weight excluding hydrogens is 506 g/mol. The number of nitrogens with one attached hydrogen (secondary N) is 3. The Morgan fingerprint density at radius 1 is 0.868 bits per heavy atom. The minimum atomic E-state index is -1.77. The molecule has 0 aliphatic heterocycles. The highest BCUT2D eigenvalue weighted by Crippen LogP contribution is 2.11. The van der Waals surface area contributed by atoms with Crippen molar-refractivity contribution in [2.24, 2.45) is 22.2 Å². The zero-order valence-electron chi connectivity index (χ0n) is 20.4. The van der Waals surface area contributed by atoms with Crippen LogP contribution in [0.5, 0.6) is 5.75 Å². The number of aliphatic hydroxyl groups is 1. The van der Waals surface area contributed by atoms with Crippen LogP contribution in [0.3, 0.4) is 0 Å². The highest BCUT2D eigenvalue weighted by Gasteiger charge is 2.30. The highest BCUT2D eigenvalue weighted by molar-refractivity contribution is 5.94. The maximum atomic E-state index is 12.8. The number of aliphatic imine (C=N–C) groups is 1. The predicted molar refractivity (Wildman–Crippen MR) is 132 cm³/mol. The quantitative estimate of drug-likeness (QED) is 0.0552. The summed E-state index contributed by atoms with van der Waals surface area (Å²) in [6.07, 6.45) is -0.799. The van der Waals surface area contributed by atoms with Crippen LogP contribution in [0.1, 0.15) is 24.8 Å². The van der Waals surface area contributed by atoms with Crippen molar-refractivity contribution in [1.29, 1.82) is 0 Å². The SMILES string of the molecule is NC(N)=NCCCC(NC(=O)C(CO)NC(=O)C(N)Cc1ccc(O)cc1)C(=O)NC(CC(=O)O)C(=O)O. The summed E-state index contributed by atoms with van der Waals surface area (Å²) in [6, 6.07) is 0.134. The fourth-order valence-electron chi connectivity index (χ4n) is 3.14. The van der Waals surface area contributed by atoms with Gasteiger partial charge in [0.25, 0.3) is 0 Å². The average molecular weight is 540 g/mol. The lowest BCUT2D eigenvalue weighted by molar-refractivity contribution is -0.147. The summed E-state index contributed by atoms with van der Waals surface area (Å²) >= 11 is 0. The molecule has 0 aromatic heterocycles. The number of carbonyl (C=O) groups excluding carboxylic acids is 3. The van der Waals surface area contributed by atoms with Crippen molar-refractivity contribution in [3.8, 4) is 5.75 Å². The summed E-state index contributed by atoms with van der Waals surface area (Å²) in [5, 5.41) is 43.7. The molecule has 3 amide bonds. The van der Waals surface area contributed by atoms with Crippen LogP contribution in [0.4, 0.5) is 0 Å². The van der Waals surface area contributed by atoms with E-state index in [0.29, 0.717) is 5.56 Å². The Morgan fingerprint density at radius 3 is 1.95 bits per heavy atom. The number of carboxylic acids is 2. The van der Waals surface area contributed by atoms with Gasteiger partial charge in [0.1, 0.15) is 23.9 Å². The van der Waals surface area contributed by atoms with Gasteiger partial charge in [-0.3, -0.25) is 24.2 Å². The molecule has 0 fully saturated rings. The number of guanidine groups is 1. The van der Waals surface area contributed by atoms with Gasteiger partial charge in [-0.05, 0) is 37.0 Å². The average Bonchev–Trinajstić information content (AvgIpc) is 2.84. The number of hydrogen-bond acceptors (Lipinski definition) is 9. The summed E-state index contributed by atoms with van der Waals surface area (Å²) in [6.45, 7) is -0.797. The first kappa shape index (κ1) is 31.6. The third-order valence-corrected chi connectivity index (χ3v) is 5.12. The maximum Gasteiger partial charge on any atom is 0.326 e. The van der Waals surface area contributed by atoms with Gasteiger partial charge in [0.05, 0.1) is 19.1 Å². The van der Waals surface area contributed by atoms with Crippen LogP contribution in [0.2, 0.25) is 0 Å². The second-order valence-electron chi connectivity index (χ2n) is 8.23. The Kier molecular flexibility index (Phi) is 13.0. The molecule has 0 saturated carbocycles. The van der Waals surface area contributed by atoms with Gasteiger partial charge < -0.3 is 53.6 Å². The van der Waals surface area contributed by atoms with Gasteiger partial charge in [-0.15, -0.1) is 0 Å². The van der Waals surface area contributed by atoms with E-state index >= 15 is 0 Å². The summed E-state index contributed by atoms with van der Waals surface area (Å²) in [7, 11) is 0. The summed E-state index contributed by atoms with van der Waals surface area (Å²) < 4.78 is 0. The molecule has 210 valence electrons. The number of amides is 3. The lowest BCUT2D eigenvalue weighted by atomic mass is 10.1. The summed E-state index contributed by atoms with van der Waals surface area (Å²) in [5.41, 5.74) is 17.0. The van der Waals surface area contributed by atoms with Gasteiger partial charge in [-0.25, -0.2) is 4.79 Å². The molecule has 4 atom stereocenters. The number of aliphatic hydroxyl groups excluding tert-OH is 1. The van der Waals surface area contributed by atoms with Crippen molar-refractivity contribution in [2.75, 3.05) is 13.2 Å². The second-order valence-corrected chi connectivity index (χ2v) is 8.23. The Labute approximate surface area is 217 Å². The third-order valence-electron chi connectivity index (χ3n) is 5.12. The van der Waals surface area contributed by atoms with E-state index < -0.39 is 66.9 Å². The van der Waals surface area contributed by atoms with Crippen LogP contribution in [0.25, 0.3) is 0 Å². The van der Waals surface area contributed by atoms with Crippen molar-refractivity contribution in [3.05, 3.63) is 29.8 Å². The number of rotatable bonds is 16. The van der Waals surface area contributed by atoms with Gasteiger partial charge in [0.15, 0.2) is 5.96 Å². The first-order valence-electron chi connectivity index (χ1n) is 11.4. The molecule has 0 bridgehead atoms. The lowest BCUT2D eigenvalue weighted by Crippen LogP contribution is -2.58. The topological polar surface area (TPSA) is 293 Å². The molecule has 0 spiro atoms. The minimum absolute atomic E-state index is 0.0262. The van der Waals surface area contributed by atoms with Crippen LogP contribution in [-0.2, 0) is 30.4 Å². The van der Waals surface area contributed by atoms with Gasteiger partial charge in [-0.2, -0.15) is 0 Å². The van der Waals surface area contributed by atoms with Crippen LogP contribution < -0.4 is 33.2 Å². The van der Waals surface area contributed by atoms with Crippen molar-refractivity contribution >= 4 is 35.6 Å². The Morgan fingerprint density at radius 2 is 1.42 bits per heavy atom. The normalized spacial score (nSPS) is 13.7. The smallest absolute Gasteiger partial charge is 0.326 e. The maximum absolute atomic E-state index is 12.8. The summed E-state index contributed by atoms with van der Waals surface area (Å²) in [4.78, 5) is 64.0. The molecule has 0 aliphatic rings. The van der Waals surface area contributed by atoms with Crippen LogP contribution >= 0.6 is 0 Å². The van der Waals surface area contributed by atoms with Gasteiger partial charge in [-0.1, -0.05) is 12.1 Å². The number of carbonyl (C=O) groups is 5. The zero-order valence-corrected chi connectivity index (χ0v) is 20.4. The molecule has 38 heavy (non-hydrogen) atoms. The summed E-state index contributed by atoms with van der Waals surface area (Å²) in [5.74, 6) is -6.04. The van der Waals surface area contributed by atoms with E-state index in [1.54, 1.807) is 12.1 Å². The number of phenolic OH excluding ortho intramolecular Hbond substituents is 1. The number of hydrogen-bond donors (Lipinski definition) is 10. The number of carboxylic acid groups (broad SMARTS) is 2. The van der Waals surface area contributed by atoms with Crippen molar-refractivity contribution < 1.29 is 44.4 Å². The number of nitrogens with two attached hydrogens (primary N) is 3. The molecule has 13 N–H and O–H groups in total. The fourth-order valence-corrected chi connectivity index (χ4v) is 3.14. The molecule has 0 radical (unpaired) electrons. The number of nitrogens with zero attached hydrogens (tertiary/aromatic N) is 1. The van der Waals surface area contributed by atoms with E-state index in [0.717, 1.165) is 0 Å². The van der Waals surface area contributed by atoms with Crippen molar-refractivity contribution in [3.63, 3.8) is 0 Å². The predicted octanol–water partition coefficient (Wildman–Crippen LogP) is -3.68. The molecule has 1 rings (SSSR count). The van der Waals surface area contributed by atoms with E-state index in [9.17, 15) is 39.3 Å². The Bertz CT molecular complexity index is 1010. The lowest BCUT2D eigenvalue weighted by Gasteiger charge is -2.24. The Hall–Kier alpha value is -4.44. The monoisotopic (exact) mass is 539 g/mol. The molecule has 1 aromatic rings. The molecule has 1 aromatic carbocycles. The number of aliphatic carboxylic acids is 2. The first-order valence-corrected chi connectivity index (χ1v) is 11.4. The standard InChI is InChI=1S/C22H33N7O9/c23-13(8-11-3-5-12(31)6-4-11)18(34)29-16(10-30)20(36)27-14(2-1-7-26-22(24)25)19(35)28-15(21(37)38)9-17(32)33/h3-6,13-16,30-31H,1-2,7-10,23H2,(H,27,36)(H,28,35)(H,29,34)(H,32,33)(H,37,38)(H4,24,25,26). The molecule has 16 nitrogen and oxygen atoms in total. The van der Waals surface area contributed by atoms with Gasteiger partial charge in [0, 0.05) is 6.54 Å². The largest absolute Gasteiger partial charge is 0.508 e. The van der Waals surface area contributed by atoms with Crippen LogP contribution in [-0.4, -0.2) is 93.4 Å². The second kappa shape index (κ2) is 15.6. The van der Waals surface area contributed by atoms with E-state index in [-0.39, 0.29) is 37.5 Å². The van der Waals surface area contributed by atoms with E-state index in [2.05, 4.69) is 15.6 Å². The van der Waals surface area contributed by atoms with Gasteiger partial charge in [0.2, 0.25) is 17.7 Å². The van der Waals surface area contributed by atoms with E-state index in [4.69, 9.17) is 22.3 Å². The molecule has 0 saturated heterocycles.